The van der Waals surface area contributed by atoms with Crippen LogP contribution in [0.25, 0.3) is 11.4 Å². The van der Waals surface area contributed by atoms with Crippen LogP contribution in [-0.2, 0) is 16.1 Å². The number of nitrogens with zero attached hydrogens (tertiary/aromatic N) is 5. The van der Waals surface area contributed by atoms with Gasteiger partial charge in [0, 0.05) is 11.3 Å². The third kappa shape index (κ3) is 4.59. The number of amides is 1. The molecule has 10 nitrogen and oxygen atoms in total. The van der Waals surface area contributed by atoms with E-state index in [0.29, 0.717) is 40.7 Å². The summed E-state index contributed by atoms with van der Waals surface area (Å²) < 4.78 is 5.09. The van der Waals surface area contributed by atoms with E-state index >= 15 is 0 Å². The number of H-pyrrole nitrogens is 1. The van der Waals surface area contributed by atoms with Gasteiger partial charge in [0.2, 0.25) is 5.82 Å². The molecule has 1 amide bonds. The monoisotopic (exact) mass is 409 g/mol. The molecule has 30 heavy (non-hydrogen) atoms. The smallest absolute Gasteiger partial charge is 0.340 e. The van der Waals surface area contributed by atoms with Gasteiger partial charge in [0.15, 0.2) is 0 Å². The zero-order chi connectivity index (χ0) is 21.7. The zero-order valence-electron chi connectivity index (χ0n) is 17.3. The lowest BCUT2D eigenvalue weighted by molar-refractivity contribution is -0.122. The molecule has 0 atom stereocenters. The van der Waals surface area contributed by atoms with Crippen molar-refractivity contribution in [2.45, 2.75) is 34.2 Å². The highest BCUT2D eigenvalue weighted by atomic mass is 16.5. The SMILES string of the molecule is CCOC(=O)c1c(C)[nH]c(/C(C)=N/NC(=O)Cn2nnc(-c3ccccc3)n2)c1C. The highest BCUT2D eigenvalue weighted by molar-refractivity contribution is 6.03. The van der Waals surface area contributed by atoms with E-state index in [0.717, 1.165) is 5.56 Å². The summed E-state index contributed by atoms with van der Waals surface area (Å²) in [5.74, 6) is -0.358. The van der Waals surface area contributed by atoms with Crippen LogP contribution in [-0.4, -0.2) is 49.4 Å². The molecule has 3 rings (SSSR count). The predicted octanol–water partition coefficient (Wildman–Crippen LogP) is 2.00. The topological polar surface area (TPSA) is 127 Å². The number of aromatic nitrogens is 5. The van der Waals surface area contributed by atoms with Gasteiger partial charge in [0.1, 0.15) is 6.54 Å². The molecule has 0 radical (unpaired) electrons. The fourth-order valence-corrected chi connectivity index (χ4v) is 3.00. The van der Waals surface area contributed by atoms with Crippen LogP contribution in [0.15, 0.2) is 35.4 Å². The number of hydrogen-bond acceptors (Lipinski definition) is 7. The van der Waals surface area contributed by atoms with E-state index in [1.165, 1.54) is 4.80 Å². The third-order valence-electron chi connectivity index (χ3n) is 4.40. The number of carbonyl (C=O) groups excluding carboxylic acids is 2. The van der Waals surface area contributed by atoms with Crippen LogP contribution in [0.4, 0.5) is 0 Å². The van der Waals surface area contributed by atoms with E-state index in [1.807, 2.05) is 30.3 Å². The van der Waals surface area contributed by atoms with Crippen molar-refractivity contribution in [3.63, 3.8) is 0 Å². The second-order valence-corrected chi connectivity index (χ2v) is 6.59. The molecule has 10 heteroatoms. The lowest BCUT2D eigenvalue weighted by atomic mass is 10.1. The average molecular weight is 409 g/mol. The Morgan fingerprint density at radius 2 is 1.97 bits per heavy atom. The molecule has 1 aromatic carbocycles. The molecular formula is C20H23N7O3. The summed E-state index contributed by atoms with van der Waals surface area (Å²) in [5.41, 5.74) is 6.34. The highest BCUT2D eigenvalue weighted by Crippen LogP contribution is 2.19. The number of aryl methyl sites for hydroxylation is 1. The summed E-state index contributed by atoms with van der Waals surface area (Å²) in [6, 6.07) is 9.36. The molecule has 2 heterocycles. The van der Waals surface area contributed by atoms with Gasteiger partial charge in [-0.3, -0.25) is 4.79 Å². The number of tetrazole rings is 1. The molecule has 0 saturated heterocycles. The molecule has 0 saturated carbocycles. The number of hydrogen-bond donors (Lipinski definition) is 2. The summed E-state index contributed by atoms with van der Waals surface area (Å²) in [4.78, 5) is 28.7. The van der Waals surface area contributed by atoms with Gasteiger partial charge in [0.05, 0.1) is 23.6 Å². The molecule has 0 fully saturated rings. The van der Waals surface area contributed by atoms with Crippen LogP contribution in [0, 0.1) is 13.8 Å². The van der Waals surface area contributed by atoms with Crippen LogP contribution < -0.4 is 5.43 Å². The van der Waals surface area contributed by atoms with Crippen LogP contribution in [0.1, 0.15) is 41.2 Å². The summed E-state index contributed by atoms with van der Waals surface area (Å²) in [6.07, 6.45) is 0. The van der Waals surface area contributed by atoms with Crippen LogP contribution in [0.2, 0.25) is 0 Å². The average Bonchev–Trinajstić information content (AvgIpc) is 3.31. The van der Waals surface area contributed by atoms with Gasteiger partial charge >= 0.3 is 5.97 Å². The Kier molecular flexibility index (Phi) is 6.35. The molecule has 0 bridgehead atoms. The maximum absolute atomic E-state index is 12.2. The Labute approximate surface area is 173 Å². The van der Waals surface area contributed by atoms with Crippen LogP contribution in [0.5, 0.6) is 0 Å². The van der Waals surface area contributed by atoms with E-state index in [9.17, 15) is 9.59 Å². The van der Waals surface area contributed by atoms with Gasteiger partial charge in [-0.05, 0) is 38.5 Å². The fraction of sp³-hybridized carbons (Fsp3) is 0.300. The number of aromatic amines is 1. The molecular weight excluding hydrogens is 386 g/mol. The molecule has 2 aromatic heterocycles. The Morgan fingerprint density at radius 1 is 1.23 bits per heavy atom. The minimum absolute atomic E-state index is 0.132. The Hall–Kier alpha value is -3.82. The van der Waals surface area contributed by atoms with Crippen LogP contribution >= 0.6 is 0 Å². The number of carbonyl (C=O) groups is 2. The summed E-state index contributed by atoms with van der Waals surface area (Å²) in [7, 11) is 0. The van der Waals surface area contributed by atoms with Gasteiger partial charge < -0.3 is 9.72 Å². The minimum Gasteiger partial charge on any atom is -0.462 e. The van der Waals surface area contributed by atoms with Crippen molar-refractivity contribution in [2.24, 2.45) is 5.10 Å². The van der Waals surface area contributed by atoms with Crippen molar-refractivity contribution >= 4 is 17.6 Å². The first kappa shape index (κ1) is 20.9. The first-order chi connectivity index (χ1) is 14.4. The number of nitrogens with one attached hydrogen (secondary N) is 2. The van der Waals surface area contributed by atoms with Crippen molar-refractivity contribution in [3.05, 3.63) is 52.8 Å². The fourth-order valence-electron chi connectivity index (χ4n) is 3.00. The second kappa shape index (κ2) is 9.12. The van der Waals surface area contributed by atoms with Gasteiger partial charge in [0.25, 0.3) is 5.91 Å². The van der Waals surface area contributed by atoms with E-state index in [1.54, 1.807) is 27.7 Å². The second-order valence-electron chi connectivity index (χ2n) is 6.59. The highest BCUT2D eigenvalue weighted by Gasteiger charge is 2.20. The number of esters is 1. The van der Waals surface area contributed by atoms with Crippen LogP contribution in [0.3, 0.4) is 0 Å². The van der Waals surface area contributed by atoms with E-state index in [4.69, 9.17) is 4.74 Å². The number of rotatable bonds is 7. The Morgan fingerprint density at radius 3 is 2.67 bits per heavy atom. The largest absolute Gasteiger partial charge is 0.462 e. The molecule has 0 spiro atoms. The van der Waals surface area contributed by atoms with Crippen molar-refractivity contribution in [3.8, 4) is 11.4 Å². The first-order valence-electron chi connectivity index (χ1n) is 9.43. The van der Waals surface area contributed by atoms with E-state index < -0.39 is 11.9 Å². The molecule has 0 aliphatic carbocycles. The third-order valence-corrected chi connectivity index (χ3v) is 4.40. The quantitative estimate of drug-likeness (QED) is 0.349. The number of hydrazone groups is 1. The molecule has 0 aliphatic heterocycles. The molecule has 0 unspecified atom stereocenters. The summed E-state index contributed by atoms with van der Waals surface area (Å²) >= 11 is 0. The predicted molar refractivity (Wildman–Crippen MR) is 110 cm³/mol. The summed E-state index contributed by atoms with van der Waals surface area (Å²) in [6.45, 7) is 7.24. The minimum atomic E-state index is -0.405. The van der Waals surface area contributed by atoms with Crippen molar-refractivity contribution in [2.75, 3.05) is 6.61 Å². The normalized spacial score (nSPS) is 11.4. The standard InChI is InChI=1S/C20H23N7O3/c1-5-30-20(29)17-12(2)18(21-13(17)3)14(4)22-23-16(28)11-27-25-19(24-26-27)15-9-7-6-8-10-15/h6-10,21H,5,11H2,1-4H3,(H,23,28)/b22-14+. The number of ether oxygens (including phenoxy) is 1. The van der Waals surface area contributed by atoms with Gasteiger partial charge in [-0.2, -0.15) is 9.90 Å². The molecule has 156 valence electrons. The maximum atomic E-state index is 12.2. The van der Waals surface area contributed by atoms with Gasteiger partial charge in [-0.1, -0.05) is 30.3 Å². The maximum Gasteiger partial charge on any atom is 0.340 e. The Bertz CT molecular complexity index is 1080. The molecule has 3 aromatic rings. The zero-order valence-corrected chi connectivity index (χ0v) is 17.3. The molecule has 0 aliphatic rings. The lowest BCUT2D eigenvalue weighted by Crippen LogP contribution is -2.25. The van der Waals surface area contributed by atoms with E-state index in [2.05, 4.69) is 30.9 Å². The van der Waals surface area contributed by atoms with Gasteiger partial charge in [-0.25, -0.2) is 10.2 Å². The number of benzene rings is 1. The first-order valence-corrected chi connectivity index (χ1v) is 9.43. The lowest BCUT2D eigenvalue weighted by Gasteiger charge is -2.04. The van der Waals surface area contributed by atoms with Gasteiger partial charge in [-0.15, -0.1) is 10.2 Å². The summed E-state index contributed by atoms with van der Waals surface area (Å²) in [5, 5.41) is 16.2. The van der Waals surface area contributed by atoms with Crippen molar-refractivity contribution < 1.29 is 14.3 Å². The molecule has 2 N–H and O–H groups in total. The Balaban J connectivity index is 1.66. The van der Waals surface area contributed by atoms with Crippen molar-refractivity contribution in [1.82, 2.24) is 30.6 Å². The van der Waals surface area contributed by atoms with E-state index in [-0.39, 0.29) is 6.54 Å². The van der Waals surface area contributed by atoms with Crippen molar-refractivity contribution in [1.29, 1.82) is 0 Å².